The molecule has 0 bridgehead atoms. The SMILES string of the molecule is CN=C/C=C\N.O=c1c2cc(N3CCOCC3)nc(-c3ccc(Cl)cc3F)c2nc2n1CC(C1CC1)C2. The average molecular weight is 525 g/mol. The molecule has 1 aromatic carbocycles. The number of nitrogens with two attached hydrogens (primary N) is 1. The van der Waals surface area contributed by atoms with Gasteiger partial charge in [0.15, 0.2) is 0 Å². The van der Waals surface area contributed by atoms with Crippen LogP contribution in [0.1, 0.15) is 18.7 Å². The lowest BCUT2D eigenvalue weighted by atomic mass is 10.0. The van der Waals surface area contributed by atoms with E-state index in [1.54, 1.807) is 31.5 Å². The van der Waals surface area contributed by atoms with E-state index in [-0.39, 0.29) is 5.56 Å². The second-order valence-electron chi connectivity index (χ2n) is 9.49. The van der Waals surface area contributed by atoms with Gasteiger partial charge in [-0.1, -0.05) is 11.6 Å². The molecular formula is C27H30ClFN6O2. The Morgan fingerprint density at radius 3 is 2.62 bits per heavy atom. The number of halogens is 2. The van der Waals surface area contributed by atoms with E-state index in [0.29, 0.717) is 71.1 Å². The number of hydrogen-bond acceptors (Lipinski definition) is 7. The third-order valence-corrected chi connectivity index (χ3v) is 7.26. The van der Waals surface area contributed by atoms with E-state index in [2.05, 4.69) is 9.89 Å². The molecule has 0 radical (unpaired) electrons. The van der Waals surface area contributed by atoms with E-state index in [1.807, 2.05) is 10.6 Å². The molecular weight excluding hydrogens is 495 g/mol. The fourth-order valence-electron chi connectivity index (χ4n) is 4.97. The van der Waals surface area contributed by atoms with Crippen LogP contribution < -0.4 is 16.2 Å². The molecule has 2 fully saturated rings. The Kier molecular flexibility index (Phi) is 7.53. The number of pyridine rings is 1. The number of aromatic nitrogens is 3. The molecule has 2 aromatic heterocycles. The van der Waals surface area contributed by atoms with Crippen LogP contribution in [0.5, 0.6) is 0 Å². The molecule has 0 amide bonds. The number of ether oxygens (including phenoxy) is 1. The summed E-state index contributed by atoms with van der Waals surface area (Å²) >= 11 is 5.98. The predicted molar refractivity (Wildman–Crippen MR) is 145 cm³/mol. The van der Waals surface area contributed by atoms with Crippen LogP contribution in [0, 0.1) is 17.7 Å². The normalized spacial score (nSPS) is 19.4. The van der Waals surface area contributed by atoms with Gasteiger partial charge >= 0.3 is 0 Å². The fourth-order valence-corrected chi connectivity index (χ4v) is 5.13. The number of benzene rings is 1. The largest absolute Gasteiger partial charge is 0.405 e. The van der Waals surface area contributed by atoms with Crippen molar-refractivity contribution in [1.29, 1.82) is 0 Å². The van der Waals surface area contributed by atoms with Crippen molar-refractivity contribution < 1.29 is 9.13 Å². The summed E-state index contributed by atoms with van der Waals surface area (Å²) in [5.74, 6) is 2.12. The quantitative estimate of drug-likeness (QED) is 0.521. The van der Waals surface area contributed by atoms with Gasteiger partial charge in [0.2, 0.25) is 0 Å². The molecule has 1 atom stereocenters. The zero-order chi connectivity index (χ0) is 25.9. The van der Waals surface area contributed by atoms with Gasteiger partial charge in [-0.25, -0.2) is 14.4 Å². The Labute approximate surface area is 219 Å². The van der Waals surface area contributed by atoms with Gasteiger partial charge in [-0.3, -0.25) is 14.4 Å². The van der Waals surface area contributed by atoms with Crippen molar-refractivity contribution in [1.82, 2.24) is 14.5 Å². The molecule has 194 valence electrons. The second kappa shape index (κ2) is 11.0. The Balaban J connectivity index is 0.000000421. The summed E-state index contributed by atoms with van der Waals surface area (Å²) in [6.07, 6.45) is 7.99. The molecule has 37 heavy (non-hydrogen) atoms. The average Bonchev–Trinajstić information content (AvgIpc) is 3.67. The highest BCUT2D eigenvalue weighted by Crippen LogP contribution is 2.42. The zero-order valence-corrected chi connectivity index (χ0v) is 21.5. The number of rotatable bonds is 4. The van der Waals surface area contributed by atoms with Gasteiger partial charge in [0.25, 0.3) is 5.56 Å². The van der Waals surface area contributed by atoms with Crippen molar-refractivity contribution in [3.8, 4) is 11.3 Å². The topological polar surface area (TPSA) is 98.6 Å². The number of morpholine rings is 1. The van der Waals surface area contributed by atoms with E-state index >= 15 is 0 Å². The highest BCUT2D eigenvalue weighted by atomic mass is 35.5. The zero-order valence-electron chi connectivity index (χ0n) is 20.7. The minimum atomic E-state index is -0.473. The Morgan fingerprint density at radius 2 is 1.97 bits per heavy atom. The van der Waals surface area contributed by atoms with Crippen LogP contribution >= 0.6 is 11.6 Å². The summed E-state index contributed by atoms with van der Waals surface area (Å²) in [7, 11) is 1.69. The van der Waals surface area contributed by atoms with Crippen LogP contribution in [-0.2, 0) is 17.7 Å². The number of aliphatic imine (C=N–C) groups is 1. The maximum Gasteiger partial charge on any atom is 0.261 e. The smallest absolute Gasteiger partial charge is 0.261 e. The molecule has 2 aliphatic heterocycles. The van der Waals surface area contributed by atoms with Gasteiger partial charge in [0, 0.05) is 49.9 Å². The first kappa shape index (κ1) is 25.4. The number of allylic oxidation sites excluding steroid dienone is 1. The predicted octanol–water partition coefficient (Wildman–Crippen LogP) is 3.83. The van der Waals surface area contributed by atoms with Gasteiger partial charge in [-0.2, -0.15) is 0 Å². The first-order valence-electron chi connectivity index (χ1n) is 12.5. The molecule has 8 nitrogen and oxygen atoms in total. The van der Waals surface area contributed by atoms with E-state index in [1.165, 1.54) is 25.1 Å². The number of hydrogen-bond donors (Lipinski definition) is 1. The lowest BCUT2D eigenvalue weighted by Crippen LogP contribution is -2.37. The van der Waals surface area contributed by atoms with Crippen molar-refractivity contribution in [3.63, 3.8) is 0 Å². The lowest BCUT2D eigenvalue weighted by Gasteiger charge is -2.28. The molecule has 3 aliphatic rings. The van der Waals surface area contributed by atoms with Gasteiger partial charge in [-0.15, -0.1) is 0 Å². The van der Waals surface area contributed by atoms with E-state index in [0.717, 1.165) is 18.8 Å². The Hall–Kier alpha value is -3.30. The molecule has 1 aliphatic carbocycles. The van der Waals surface area contributed by atoms with Crippen LogP contribution in [0.15, 0.2) is 46.3 Å². The minimum Gasteiger partial charge on any atom is -0.405 e. The summed E-state index contributed by atoms with van der Waals surface area (Å²) in [4.78, 5) is 28.9. The molecule has 6 rings (SSSR count). The minimum absolute atomic E-state index is 0.0596. The molecule has 10 heteroatoms. The summed E-state index contributed by atoms with van der Waals surface area (Å²) in [5, 5.41) is 0.803. The Morgan fingerprint density at radius 1 is 1.19 bits per heavy atom. The highest BCUT2D eigenvalue weighted by Gasteiger charge is 2.37. The van der Waals surface area contributed by atoms with E-state index < -0.39 is 5.82 Å². The molecule has 3 aromatic rings. The van der Waals surface area contributed by atoms with Crippen LogP contribution in [0.3, 0.4) is 0 Å². The lowest BCUT2D eigenvalue weighted by molar-refractivity contribution is 0.122. The number of nitrogens with zero attached hydrogens (tertiary/aromatic N) is 5. The summed E-state index contributed by atoms with van der Waals surface area (Å²) in [6.45, 7) is 3.25. The van der Waals surface area contributed by atoms with Gasteiger partial charge in [0.05, 0.1) is 18.6 Å². The molecule has 2 N–H and O–H groups in total. The first-order valence-corrected chi connectivity index (χ1v) is 12.9. The van der Waals surface area contributed by atoms with Crippen molar-refractivity contribution in [2.24, 2.45) is 22.6 Å². The van der Waals surface area contributed by atoms with Crippen LogP contribution in [0.4, 0.5) is 10.2 Å². The van der Waals surface area contributed by atoms with Gasteiger partial charge in [-0.05, 0) is 61.2 Å². The van der Waals surface area contributed by atoms with E-state index in [9.17, 15) is 9.18 Å². The number of fused-ring (bicyclic) bond motifs is 2. The third-order valence-electron chi connectivity index (χ3n) is 7.03. The second-order valence-corrected chi connectivity index (χ2v) is 9.92. The van der Waals surface area contributed by atoms with Crippen molar-refractivity contribution >= 4 is 34.5 Å². The van der Waals surface area contributed by atoms with Gasteiger partial charge < -0.3 is 15.4 Å². The standard InChI is InChI=1S/C23H22ClFN4O2.C4H8N2/c24-15-3-4-16(18(25)10-15)21-22-17(11-19(26-21)28-5-7-31-8-6-28)23(30)29-12-14(13-1-2-13)9-20(29)27-22;1-6-4-2-3-5/h3-4,10-11,13-14H,1-2,5-9,12H2;2-4H,5H2,1H3/b;3-2-,6-4?. The number of anilines is 1. The van der Waals surface area contributed by atoms with Crippen LogP contribution in [-0.4, -0.2) is 54.1 Å². The summed E-state index contributed by atoms with van der Waals surface area (Å²) in [5.41, 5.74) is 6.04. The summed E-state index contributed by atoms with van der Waals surface area (Å²) < 4.78 is 22.2. The maximum absolute atomic E-state index is 14.9. The maximum atomic E-state index is 14.9. The van der Waals surface area contributed by atoms with Crippen LogP contribution in [0.25, 0.3) is 22.2 Å². The fraction of sp³-hybridized carbons (Fsp3) is 0.407. The summed E-state index contributed by atoms with van der Waals surface area (Å²) in [6, 6.07) is 6.33. The molecule has 0 spiro atoms. The molecule has 1 saturated carbocycles. The first-order chi connectivity index (χ1) is 18.0. The van der Waals surface area contributed by atoms with Crippen molar-refractivity contribution in [3.05, 3.63) is 63.6 Å². The Bertz CT molecular complexity index is 1400. The van der Waals surface area contributed by atoms with E-state index in [4.69, 9.17) is 32.0 Å². The molecule has 1 unspecified atom stereocenters. The third kappa shape index (κ3) is 5.38. The van der Waals surface area contributed by atoms with Gasteiger partial charge in [0.1, 0.15) is 28.7 Å². The van der Waals surface area contributed by atoms with Crippen LogP contribution in [0.2, 0.25) is 5.02 Å². The van der Waals surface area contributed by atoms with Crippen molar-refractivity contribution in [2.45, 2.75) is 25.8 Å². The highest BCUT2D eigenvalue weighted by molar-refractivity contribution is 6.30. The molecule has 4 heterocycles. The monoisotopic (exact) mass is 524 g/mol. The molecule has 1 saturated heterocycles. The van der Waals surface area contributed by atoms with Crippen molar-refractivity contribution in [2.75, 3.05) is 38.3 Å².